The maximum atomic E-state index is 12.6. The van der Waals surface area contributed by atoms with Crippen LogP contribution in [0, 0.1) is 0 Å². The average Bonchev–Trinajstić information content (AvgIpc) is 2.80. The van der Waals surface area contributed by atoms with Crippen LogP contribution in [-0.2, 0) is 6.18 Å². The van der Waals surface area contributed by atoms with Crippen LogP contribution in [0.4, 0.5) is 18.9 Å². The molecule has 1 heterocycles. The third-order valence-corrected chi connectivity index (χ3v) is 3.60. The molecule has 0 saturated carbocycles. The minimum absolute atomic E-state index is 0.0969. The van der Waals surface area contributed by atoms with Crippen LogP contribution in [0.5, 0.6) is 0 Å². The summed E-state index contributed by atoms with van der Waals surface area (Å²) in [6.45, 7) is 0.601. The van der Waals surface area contributed by atoms with Crippen molar-refractivity contribution in [2.75, 3.05) is 17.3 Å². The zero-order valence-electron chi connectivity index (χ0n) is 9.04. The summed E-state index contributed by atoms with van der Waals surface area (Å²) in [5.41, 5.74) is -0.694. The minimum Gasteiger partial charge on any atom is -0.260 e. The summed E-state index contributed by atoms with van der Waals surface area (Å²) in [4.78, 5) is 4.09. The smallest absolute Gasteiger partial charge is 0.260 e. The molecule has 0 amide bonds. The molecule has 0 unspecified atom stereocenters. The van der Waals surface area contributed by atoms with Crippen molar-refractivity contribution in [2.24, 2.45) is 10.8 Å². The quantitative estimate of drug-likeness (QED) is 0.639. The molecule has 0 spiro atoms. The summed E-state index contributed by atoms with van der Waals surface area (Å²) >= 11 is 7.24. The largest absolute Gasteiger partial charge is 0.416 e. The predicted molar refractivity (Wildman–Crippen MR) is 67.9 cm³/mol. The van der Waals surface area contributed by atoms with Crippen molar-refractivity contribution in [3.63, 3.8) is 0 Å². The molecule has 1 aromatic rings. The van der Waals surface area contributed by atoms with Crippen molar-refractivity contribution in [3.8, 4) is 0 Å². The van der Waals surface area contributed by atoms with Crippen LogP contribution in [0.3, 0.4) is 0 Å². The summed E-state index contributed by atoms with van der Waals surface area (Å²) in [6, 6.07) is 3.02. The van der Waals surface area contributed by atoms with E-state index in [9.17, 15) is 13.2 Å². The first-order valence-electron chi connectivity index (χ1n) is 4.98. The molecule has 8 heteroatoms. The number of halogens is 4. The molecule has 2 N–H and O–H groups in total. The van der Waals surface area contributed by atoms with Gasteiger partial charge in [0.15, 0.2) is 5.17 Å². The highest BCUT2D eigenvalue weighted by atomic mass is 35.5. The number of nitrogens with two attached hydrogens (primary N) is 1. The number of alkyl halides is 3. The second kappa shape index (κ2) is 4.99. The third-order valence-electron chi connectivity index (χ3n) is 2.31. The van der Waals surface area contributed by atoms with Crippen LogP contribution in [0.2, 0.25) is 5.02 Å². The molecule has 0 atom stereocenters. The number of anilines is 1. The summed E-state index contributed by atoms with van der Waals surface area (Å²) in [5, 5.41) is 1.71. The molecule has 0 aromatic heterocycles. The van der Waals surface area contributed by atoms with Gasteiger partial charge in [-0.2, -0.15) is 13.2 Å². The van der Waals surface area contributed by atoms with E-state index in [1.54, 1.807) is 0 Å². The van der Waals surface area contributed by atoms with Gasteiger partial charge < -0.3 is 0 Å². The zero-order chi connectivity index (χ0) is 13.3. The second-order valence-electron chi connectivity index (χ2n) is 3.55. The van der Waals surface area contributed by atoms with Crippen LogP contribution in [0.15, 0.2) is 23.2 Å². The van der Waals surface area contributed by atoms with E-state index in [4.69, 9.17) is 17.4 Å². The van der Waals surface area contributed by atoms with Crippen molar-refractivity contribution < 1.29 is 13.2 Å². The monoisotopic (exact) mass is 295 g/mol. The molecule has 2 rings (SSSR count). The molecule has 0 saturated heterocycles. The Morgan fingerprint density at radius 3 is 2.67 bits per heavy atom. The SMILES string of the molecule is NN(C1=NCCS1)c1cc(C(F)(F)F)ccc1Cl. The minimum atomic E-state index is -4.43. The lowest BCUT2D eigenvalue weighted by atomic mass is 10.2. The molecule has 1 aliphatic heterocycles. The van der Waals surface area contributed by atoms with E-state index < -0.39 is 11.7 Å². The van der Waals surface area contributed by atoms with Crippen LogP contribution in [0.25, 0.3) is 0 Å². The Morgan fingerprint density at radius 2 is 2.11 bits per heavy atom. The Kier molecular flexibility index (Phi) is 3.74. The van der Waals surface area contributed by atoms with Gasteiger partial charge in [-0.1, -0.05) is 23.4 Å². The topological polar surface area (TPSA) is 41.6 Å². The van der Waals surface area contributed by atoms with Gasteiger partial charge in [-0.25, -0.2) is 5.84 Å². The Bertz CT molecular complexity index is 490. The predicted octanol–water partition coefficient (Wildman–Crippen LogP) is 3.14. The number of thioether (sulfide) groups is 1. The summed E-state index contributed by atoms with van der Waals surface area (Å²) in [5.74, 6) is 6.51. The maximum absolute atomic E-state index is 12.6. The van der Waals surface area contributed by atoms with Gasteiger partial charge in [0.2, 0.25) is 0 Å². The molecule has 0 radical (unpaired) electrons. The fraction of sp³-hybridized carbons (Fsp3) is 0.300. The van der Waals surface area contributed by atoms with E-state index in [2.05, 4.69) is 4.99 Å². The summed E-state index contributed by atoms with van der Waals surface area (Å²) in [7, 11) is 0. The zero-order valence-corrected chi connectivity index (χ0v) is 10.6. The number of nitrogens with zero attached hydrogens (tertiary/aromatic N) is 2. The van der Waals surface area contributed by atoms with Crippen molar-refractivity contribution in [1.82, 2.24) is 0 Å². The molecular formula is C10H9ClF3N3S. The normalized spacial score (nSPS) is 15.7. The molecule has 1 aromatic carbocycles. The van der Waals surface area contributed by atoms with Gasteiger partial charge in [0.1, 0.15) is 0 Å². The van der Waals surface area contributed by atoms with Gasteiger partial charge in [-0.05, 0) is 18.2 Å². The number of hydrogen-bond acceptors (Lipinski definition) is 4. The number of amidine groups is 1. The lowest BCUT2D eigenvalue weighted by Crippen LogP contribution is -2.35. The second-order valence-corrected chi connectivity index (χ2v) is 5.02. The van der Waals surface area contributed by atoms with Gasteiger partial charge in [0, 0.05) is 5.75 Å². The molecule has 0 fully saturated rings. The van der Waals surface area contributed by atoms with Crippen molar-refractivity contribution >= 4 is 34.2 Å². The molecule has 3 nitrogen and oxygen atoms in total. The number of aliphatic imine (C=N–C) groups is 1. The first kappa shape index (κ1) is 13.5. The fourth-order valence-electron chi connectivity index (χ4n) is 1.45. The van der Waals surface area contributed by atoms with Gasteiger partial charge in [0.25, 0.3) is 0 Å². The highest BCUT2D eigenvalue weighted by Crippen LogP contribution is 2.35. The van der Waals surface area contributed by atoms with Crippen molar-refractivity contribution in [3.05, 3.63) is 28.8 Å². The van der Waals surface area contributed by atoms with Crippen molar-refractivity contribution in [2.45, 2.75) is 6.18 Å². The molecular weight excluding hydrogens is 287 g/mol. The number of benzene rings is 1. The number of hydrazine groups is 1. The highest BCUT2D eigenvalue weighted by molar-refractivity contribution is 8.14. The van der Waals surface area contributed by atoms with Crippen LogP contribution in [-0.4, -0.2) is 17.5 Å². The van der Waals surface area contributed by atoms with E-state index in [0.29, 0.717) is 11.7 Å². The molecule has 18 heavy (non-hydrogen) atoms. The van der Waals surface area contributed by atoms with E-state index in [-0.39, 0.29) is 10.7 Å². The molecule has 0 bridgehead atoms. The average molecular weight is 296 g/mol. The van der Waals surface area contributed by atoms with Crippen LogP contribution < -0.4 is 10.9 Å². The number of hydrogen-bond donors (Lipinski definition) is 1. The lowest BCUT2D eigenvalue weighted by Gasteiger charge is -2.20. The van der Waals surface area contributed by atoms with E-state index in [0.717, 1.165) is 22.9 Å². The Morgan fingerprint density at radius 1 is 1.39 bits per heavy atom. The lowest BCUT2D eigenvalue weighted by molar-refractivity contribution is -0.137. The molecule has 0 aliphatic carbocycles. The van der Waals surface area contributed by atoms with E-state index >= 15 is 0 Å². The standard InChI is InChI=1S/C10H9ClF3N3S/c11-7-2-1-6(10(12,13)14)5-8(7)17(15)9-16-3-4-18-9/h1-2,5H,3-4,15H2. The van der Waals surface area contributed by atoms with E-state index in [1.165, 1.54) is 17.8 Å². The van der Waals surface area contributed by atoms with E-state index in [1.807, 2.05) is 0 Å². The van der Waals surface area contributed by atoms with Gasteiger partial charge >= 0.3 is 6.18 Å². The number of rotatable bonds is 1. The summed E-state index contributed by atoms with van der Waals surface area (Å²) in [6.07, 6.45) is -4.43. The Balaban J connectivity index is 2.37. The fourth-order valence-corrected chi connectivity index (χ4v) is 2.44. The van der Waals surface area contributed by atoms with Crippen LogP contribution >= 0.6 is 23.4 Å². The molecule has 98 valence electrons. The highest BCUT2D eigenvalue weighted by Gasteiger charge is 2.31. The summed E-state index contributed by atoms with van der Waals surface area (Å²) < 4.78 is 37.8. The Labute approximate surface area is 111 Å². The van der Waals surface area contributed by atoms with Gasteiger partial charge in [0.05, 0.1) is 22.8 Å². The molecule has 1 aliphatic rings. The first-order valence-corrected chi connectivity index (χ1v) is 6.35. The maximum Gasteiger partial charge on any atom is 0.416 e. The Hall–Kier alpha value is -0.920. The van der Waals surface area contributed by atoms with Crippen molar-refractivity contribution in [1.29, 1.82) is 0 Å². The van der Waals surface area contributed by atoms with Gasteiger partial charge in [-0.15, -0.1) is 0 Å². The third kappa shape index (κ3) is 2.73. The first-order chi connectivity index (χ1) is 8.39. The van der Waals surface area contributed by atoms with Crippen LogP contribution in [0.1, 0.15) is 5.56 Å². The van der Waals surface area contributed by atoms with Gasteiger partial charge in [-0.3, -0.25) is 10.0 Å².